The molecule has 0 N–H and O–H groups in total. The highest BCUT2D eigenvalue weighted by Crippen LogP contribution is 2.09. The number of nitrogens with zero attached hydrogens (tertiary/aromatic N) is 2. The van der Waals surface area contributed by atoms with Crippen molar-refractivity contribution >= 4 is 5.97 Å². The van der Waals surface area contributed by atoms with Gasteiger partial charge in [0.1, 0.15) is 6.54 Å². The summed E-state index contributed by atoms with van der Waals surface area (Å²) in [5.41, 5.74) is 0.0476. The molecule has 0 amide bonds. The van der Waals surface area contributed by atoms with E-state index in [1.54, 1.807) is 12.1 Å². The molecule has 0 saturated heterocycles. The molecule has 0 aliphatic rings. The molecule has 1 heterocycles. The van der Waals surface area contributed by atoms with E-state index in [9.17, 15) is 14.4 Å². The Bertz CT molecular complexity index is 758. The molecule has 0 radical (unpaired) electrons. The Labute approximate surface area is 114 Å². The van der Waals surface area contributed by atoms with Crippen molar-refractivity contribution < 1.29 is 9.53 Å². The van der Waals surface area contributed by atoms with E-state index in [0.717, 1.165) is 10.1 Å². The molecular weight excluding hydrogens is 260 g/mol. The zero-order chi connectivity index (χ0) is 14.7. The first kappa shape index (κ1) is 13.8. The van der Waals surface area contributed by atoms with Crippen molar-refractivity contribution in [1.29, 1.82) is 0 Å². The van der Waals surface area contributed by atoms with Gasteiger partial charge in [-0.3, -0.25) is 23.5 Å². The van der Waals surface area contributed by atoms with Crippen molar-refractivity contribution in [1.82, 2.24) is 9.13 Å². The lowest BCUT2D eigenvalue weighted by atomic mass is 10.2. The van der Waals surface area contributed by atoms with Crippen molar-refractivity contribution in [3.8, 4) is 5.69 Å². The number of aryl methyl sites for hydroxylation is 1. The molecule has 0 aliphatic carbocycles. The topological polar surface area (TPSA) is 70.3 Å². The average molecular weight is 274 g/mol. The molecule has 1 aromatic heterocycles. The average Bonchev–Trinajstić information content (AvgIpc) is 2.45. The maximum atomic E-state index is 12.1. The zero-order valence-corrected chi connectivity index (χ0v) is 11.2. The summed E-state index contributed by atoms with van der Waals surface area (Å²) in [6.07, 6.45) is 2.86. The van der Waals surface area contributed by atoms with Crippen molar-refractivity contribution in [2.75, 3.05) is 7.11 Å². The SMILES string of the molecule is COC(=O)Cn1ccn(-c2ccccc2C)c(=O)c1=O. The monoisotopic (exact) mass is 274 g/mol. The highest BCUT2D eigenvalue weighted by molar-refractivity contribution is 5.68. The Hall–Kier alpha value is -2.63. The Morgan fingerprint density at radius 2 is 1.85 bits per heavy atom. The molecule has 2 rings (SSSR count). The number of methoxy groups -OCH3 is 1. The van der Waals surface area contributed by atoms with Crippen molar-refractivity contribution in [3.05, 3.63) is 62.9 Å². The van der Waals surface area contributed by atoms with Gasteiger partial charge in [-0.2, -0.15) is 0 Å². The molecule has 0 bridgehead atoms. The van der Waals surface area contributed by atoms with Crippen LogP contribution >= 0.6 is 0 Å². The molecule has 0 unspecified atom stereocenters. The van der Waals surface area contributed by atoms with Gasteiger partial charge in [-0.05, 0) is 18.6 Å². The number of hydrogen-bond acceptors (Lipinski definition) is 4. The van der Waals surface area contributed by atoms with Gasteiger partial charge in [-0.15, -0.1) is 0 Å². The fraction of sp³-hybridized carbons (Fsp3) is 0.214. The summed E-state index contributed by atoms with van der Waals surface area (Å²) in [7, 11) is 1.22. The van der Waals surface area contributed by atoms with Crippen LogP contribution in [0, 0.1) is 6.92 Å². The minimum atomic E-state index is -0.763. The maximum absolute atomic E-state index is 12.1. The largest absolute Gasteiger partial charge is 0.468 e. The van der Waals surface area contributed by atoms with Gasteiger partial charge in [0.05, 0.1) is 12.8 Å². The number of esters is 1. The first-order valence-electron chi connectivity index (χ1n) is 5.99. The van der Waals surface area contributed by atoms with Gasteiger partial charge in [0, 0.05) is 12.4 Å². The normalized spacial score (nSPS) is 10.3. The predicted molar refractivity (Wildman–Crippen MR) is 73.1 cm³/mol. The van der Waals surface area contributed by atoms with Gasteiger partial charge in [0.25, 0.3) is 0 Å². The standard InChI is InChI=1S/C14H14N2O4/c1-10-5-3-4-6-11(10)16-8-7-15(9-12(17)20-2)13(18)14(16)19/h3-8H,9H2,1-2H3. The first-order chi connectivity index (χ1) is 9.54. The maximum Gasteiger partial charge on any atom is 0.325 e. The summed E-state index contributed by atoms with van der Waals surface area (Å²) in [5.74, 6) is -0.583. The van der Waals surface area contributed by atoms with Gasteiger partial charge in [-0.1, -0.05) is 18.2 Å². The van der Waals surface area contributed by atoms with Crippen molar-refractivity contribution in [3.63, 3.8) is 0 Å². The lowest BCUT2D eigenvalue weighted by Gasteiger charge is -2.10. The summed E-state index contributed by atoms with van der Waals surface area (Å²) in [5, 5.41) is 0. The third-order valence-corrected chi connectivity index (χ3v) is 2.96. The number of carbonyl (C=O) groups excluding carboxylic acids is 1. The van der Waals surface area contributed by atoms with Crippen LogP contribution in [0.1, 0.15) is 5.56 Å². The smallest absolute Gasteiger partial charge is 0.325 e. The van der Waals surface area contributed by atoms with E-state index in [1.165, 1.54) is 24.1 Å². The fourth-order valence-corrected chi connectivity index (χ4v) is 1.86. The molecule has 0 atom stereocenters. The highest BCUT2D eigenvalue weighted by Gasteiger charge is 2.10. The molecule has 0 spiro atoms. The zero-order valence-electron chi connectivity index (χ0n) is 11.2. The quantitative estimate of drug-likeness (QED) is 0.603. The fourth-order valence-electron chi connectivity index (χ4n) is 1.86. The number of para-hydroxylation sites is 1. The van der Waals surface area contributed by atoms with Crippen LogP contribution in [0.5, 0.6) is 0 Å². The van der Waals surface area contributed by atoms with Crippen LogP contribution in [0.2, 0.25) is 0 Å². The van der Waals surface area contributed by atoms with Crippen LogP contribution in [0.4, 0.5) is 0 Å². The third kappa shape index (κ3) is 2.54. The summed E-state index contributed by atoms with van der Waals surface area (Å²) in [4.78, 5) is 35.2. The molecule has 6 nitrogen and oxygen atoms in total. The van der Waals surface area contributed by atoms with Gasteiger partial charge < -0.3 is 4.74 Å². The van der Waals surface area contributed by atoms with Gasteiger partial charge in [0.2, 0.25) is 0 Å². The second-order valence-electron chi connectivity index (χ2n) is 4.27. The van der Waals surface area contributed by atoms with Crippen LogP contribution in [-0.2, 0) is 16.1 Å². The van der Waals surface area contributed by atoms with E-state index in [1.807, 2.05) is 19.1 Å². The first-order valence-corrected chi connectivity index (χ1v) is 5.99. The van der Waals surface area contributed by atoms with E-state index < -0.39 is 17.1 Å². The summed E-state index contributed by atoms with van der Waals surface area (Å²) in [6.45, 7) is 1.57. The van der Waals surface area contributed by atoms with Gasteiger partial charge >= 0.3 is 17.1 Å². The van der Waals surface area contributed by atoms with E-state index in [2.05, 4.69) is 4.74 Å². The summed E-state index contributed by atoms with van der Waals surface area (Å²) in [6, 6.07) is 7.24. The lowest BCUT2D eigenvalue weighted by Crippen LogP contribution is -2.41. The third-order valence-electron chi connectivity index (χ3n) is 2.96. The van der Waals surface area contributed by atoms with Gasteiger partial charge in [-0.25, -0.2) is 0 Å². The van der Waals surface area contributed by atoms with Gasteiger partial charge in [0.15, 0.2) is 0 Å². The number of carbonyl (C=O) groups is 1. The predicted octanol–water partition coefficient (Wildman–Crippen LogP) is 0.481. The number of aromatic nitrogens is 2. The summed E-state index contributed by atoms with van der Waals surface area (Å²) >= 11 is 0. The Balaban J connectivity index is 2.53. The van der Waals surface area contributed by atoms with Crippen molar-refractivity contribution in [2.24, 2.45) is 0 Å². The molecular formula is C14H14N2O4. The lowest BCUT2D eigenvalue weighted by molar-refractivity contribution is -0.141. The molecule has 0 aliphatic heterocycles. The molecule has 0 fully saturated rings. The Morgan fingerprint density at radius 1 is 1.15 bits per heavy atom. The van der Waals surface area contributed by atoms with Crippen molar-refractivity contribution in [2.45, 2.75) is 13.5 Å². The van der Waals surface area contributed by atoms with Crippen LogP contribution in [0.15, 0.2) is 46.2 Å². The summed E-state index contributed by atoms with van der Waals surface area (Å²) < 4.78 is 6.78. The minimum absolute atomic E-state index is 0.279. The van der Waals surface area contributed by atoms with E-state index in [0.29, 0.717) is 5.69 Å². The number of benzene rings is 1. The number of hydrogen-bond donors (Lipinski definition) is 0. The van der Waals surface area contributed by atoms with Crippen LogP contribution in [0.25, 0.3) is 5.69 Å². The van der Waals surface area contributed by atoms with Crippen LogP contribution < -0.4 is 11.1 Å². The molecule has 104 valence electrons. The van der Waals surface area contributed by atoms with Crippen LogP contribution in [-0.4, -0.2) is 22.2 Å². The Kier molecular flexibility index (Phi) is 3.84. The van der Waals surface area contributed by atoms with E-state index in [-0.39, 0.29) is 6.54 Å². The highest BCUT2D eigenvalue weighted by atomic mass is 16.5. The molecule has 6 heteroatoms. The van der Waals surface area contributed by atoms with E-state index in [4.69, 9.17) is 0 Å². The molecule has 0 saturated carbocycles. The van der Waals surface area contributed by atoms with Crippen LogP contribution in [0.3, 0.4) is 0 Å². The minimum Gasteiger partial charge on any atom is -0.468 e. The second kappa shape index (κ2) is 5.56. The molecule has 1 aromatic carbocycles. The Morgan fingerprint density at radius 3 is 2.50 bits per heavy atom. The molecule has 20 heavy (non-hydrogen) atoms. The number of rotatable bonds is 3. The van der Waals surface area contributed by atoms with E-state index >= 15 is 0 Å². The second-order valence-corrected chi connectivity index (χ2v) is 4.27. The molecule has 2 aromatic rings. The number of ether oxygens (including phenoxy) is 1.